The summed E-state index contributed by atoms with van der Waals surface area (Å²) in [5.74, 6) is 4.07. The summed E-state index contributed by atoms with van der Waals surface area (Å²) in [6.07, 6.45) is 4.71. The number of hydrogen-bond acceptors (Lipinski definition) is 3. The average molecular weight is 352 g/mol. The van der Waals surface area contributed by atoms with Gasteiger partial charge in [0.1, 0.15) is 17.3 Å². The molecule has 4 nitrogen and oxygen atoms in total. The van der Waals surface area contributed by atoms with Crippen LogP contribution in [0.4, 0.5) is 4.39 Å². The van der Waals surface area contributed by atoms with Crippen LogP contribution in [0.25, 0.3) is 11.3 Å². The minimum absolute atomic E-state index is 0.264. The molecule has 134 valence electrons. The largest absolute Gasteiger partial charge is 0.360 e. The molecule has 0 N–H and O–H groups in total. The van der Waals surface area contributed by atoms with Gasteiger partial charge in [-0.2, -0.15) is 0 Å². The van der Waals surface area contributed by atoms with E-state index in [1.54, 1.807) is 6.07 Å². The van der Waals surface area contributed by atoms with Gasteiger partial charge >= 0.3 is 0 Å². The van der Waals surface area contributed by atoms with E-state index in [4.69, 9.17) is 4.52 Å². The molecule has 2 heterocycles. The summed E-state index contributed by atoms with van der Waals surface area (Å²) >= 11 is 0. The van der Waals surface area contributed by atoms with Crippen molar-refractivity contribution in [3.63, 3.8) is 0 Å². The van der Waals surface area contributed by atoms with Crippen molar-refractivity contribution in [3.05, 3.63) is 41.4 Å². The van der Waals surface area contributed by atoms with Crippen LogP contribution in [0.3, 0.4) is 0 Å². The van der Waals surface area contributed by atoms with Crippen molar-refractivity contribution in [2.45, 2.75) is 32.2 Å². The fourth-order valence-electron chi connectivity index (χ4n) is 6.13. The third kappa shape index (κ3) is 2.00. The van der Waals surface area contributed by atoms with Crippen LogP contribution in [-0.4, -0.2) is 22.5 Å². The summed E-state index contributed by atoms with van der Waals surface area (Å²) in [5.41, 5.74) is 2.34. The van der Waals surface area contributed by atoms with Gasteiger partial charge in [0, 0.05) is 30.0 Å². The number of hydrogen-bond donors (Lipinski definition) is 0. The van der Waals surface area contributed by atoms with E-state index in [-0.39, 0.29) is 11.7 Å². The van der Waals surface area contributed by atoms with Crippen molar-refractivity contribution in [2.75, 3.05) is 6.54 Å². The Morgan fingerprint density at radius 1 is 1.23 bits per heavy atom. The van der Waals surface area contributed by atoms with Crippen molar-refractivity contribution in [2.24, 2.45) is 29.6 Å². The van der Waals surface area contributed by atoms with Gasteiger partial charge in [-0.05, 0) is 55.1 Å². The molecule has 1 aliphatic heterocycles. The van der Waals surface area contributed by atoms with Crippen LogP contribution >= 0.6 is 0 Å². The number of rotatable bonds is 2. The Morgan fingerprint density at radius 2 is 2.04 bits per heavy atom. The number of halogens is 1. The average Bonchev–Trinajstić information content (AvgIpc) is 2.99. The van der Waals surface area contributed by atoms with E-state index in [1.807, 2.05) is 11.0 Å². The number of aromatic nitrogens is 1. The van der Waals surface area contributed by atoms with Crippen LogP contribution in [-0.2, 0) is 17.8 Å². The van der Waals surface area contributed by atoms with Crippen molar-refractivity contribution in [1.82, 2.24) is 10.1 Å². The predicted octanol–water partition coefficient (Wildman–Crippen LogP) is 3.66. The lowest BCUT2D eigenvalue weighted by atomic mass is 9.98. The van der Waals surface area contributed by atoms with E-state index in [9.17, 15) is 9.18 Å². The van der Waals surface area contributed by atoms with Crippen molar-refractivity contribution < 1.29 is 13.7 Å². The maximum absolute atomic E-state index is 13.6. The minimum Gasteiger partial charge on any atom is -0.360 e. The molecule has 4 aliphatic rings. The lowest BCUT2D eigenvalue weighted by Gasteiger charge is -2.27. The third-order valence-corrected chi connectivity index (χ3v) is 7.26. The fourth-order valence-corrected chi connectivity index (χ4v) is 6.13. The summed E-state index contributed by atoms with van der Waals surface area (Å²) in [5, 5.41) is 4.18. The molecular formula is C21H21FN2O2. The van der Waals surface area contributed by atoms with Crippen LogP contribution in [0.15, 0.2) is 28.8 Å². The molecule has 6 rings (SSSR count). The van der Waals surface area contributed by atoms with E-state index in [1.165, 1.54) is 31.4 Å². The first-order valence-corrected chi connectivity index (χ1v) is 9.73. The van der Waals surface area contributed by atoms with Gasteiger partial charge < -0.3 is 9.42 Å². The normalized spacial score (nSPS) is 33.9. The second-order valence-corrected chi connectivity index (χ2v) is 8.47. The van der Waals surface area contributed by atoms with Crippen molar-refractivity contribution >= 4 is 5.91 Å². The highest BCUT2D eigenvalue weighted by molar-refractivity contribution is 5.83. The Labute approximate surface area is 151 Å². The molecule has 5 atom stereocenters. The number of fused-ring (bicyclic) bond motifs is 6. The van der Waals surface area contributed by atoms with E-state index in [0.717, 1.165) is 23.2 Å². The predicted molar refractivity (Wildman–Crippen MR) is 92.3 cm³/mol. The Hall–Kier alpha value is -2.17. The summed E-state index contributed by atoms with van der Waals surface area (Å²) in [6, 6.07) is 6.41. The summed E-state index contributed by atoms with van der Waals surface area (Å²) in [6.45, 7) is 1.24. The second-order valence-electron chi connectivity index (χ2n) is 8.47. The molecule has 2 bridgehead atoms. The zero-order valence-corrected chi connectivity index (χ0v) is 14.5. The first-order valence-electron chi connectivity index (χ1n) is 9.73. The van der Waals surface area contributed by atoms with Gasteiger partial charge in [0.25, 0.3) is 0 Å². The van der Waals surface area contributed by atoms with E-state index < -0.39 is 0 Å². The van der Waals surface area contributed by atoms with Gasteiger partial charge in [0.15, 0.2) is 0 Å². The fraction of sp³-hybridized carbons (Fsp3) is 0.524. The topological polar surface area (TPSA) is 46.3 Å². The number of amides is 1. The van der Waals surface area contributed by atoms with Gasteiger partial charge in [-0.3, -0.25) is 4.79 Å². The second kappa shape index (κ2) is 5.18. The first kappa shape index (κ1) is 14.9. The SMILES string of the molecule is O=C(C1[C@@H]2[C@H]3CC[C@H](C3)[C@H]12)N1CCc2onc(-c3cccc(F)c3)c2C1. The van der Waals surface area contributed by atoms with E-state index >= 15 is 0 Å². The Kier molecular flexibility index (Phi) is 2.98. The monoisotopic (exact) mass is 352 g/mol. The maximum Gasteiger partial charge on any atom is 0.226 e. The van der Waals surface area contributed by atoms with Gasteiger partial charge in [0.05, 0.1) is 6.54 Å². The minimum atomic E-state index is -0.288. The molecule has 0 spiro atoms. The van der Waals surface area contributed by atoms with Crippen LogP contribution in [0.1, 0.15) is 30.6 Å². The van der Waals surface area contributed by atoms with Crippen molar-refractivity contribution in [1.29, 1.82) is 0 Å². The van der Waals surface area contributed by atoms with Crippen molar-refractivity contribution in [3.8, 4) is 11.3 Å². The molecule has 1 unspecified atom stereocenters. The molecule has 26 heavy (non-hydrogen) atoms. The molecule has 3 saturated carbocycles. The maximum atomic E-state index is 13.6. The summed E-state index contributed by atoms with van der Waals surface area (Å²) in [7, 11) is 0. The lowest BCUT2D eigenvalue weighted by molar-refractivity contribution is -0.134. The molecule has 3 aliphatic carbocycles. The first-order chi connectivity index (χ1) is 12.7. The summed E-state index contributed by atoms with van der Waals surface area (Å²) in [4.78, 5) is 15.1. The number of nitrogens with zero attached hydrogens (tertiary/aromatic N) is 2. The highest BCUT2D eigenvalue weighted by atomic mass is 19.1. The Bertz CT molecular complexity index is 891. The Morgan fingerprint density at radius 3 is 2.81 bits per heavy atom. The van der Waals surface area contributed by atoms with Gasteiger partial charge in [-0.15, -0.1) is 0 Å². The zero-order valence-electron chi connectivity index (χ0n) is 14.5. The molecule has 5 heteroatoms. The standard InChI is InChI=1S/C21H21FN2O2/c22-14-3-1-2-13(9-14)20-15-10-24(7-6-16(15)26-23-20)21(25)19-17-11-4-5-12(8-11)18(17)19/h1-3,9,11-12,17-19H,4-8,10H2/t11-,12+,17+,18-,19?. The molecular weight excluding hydrogens is 331 g/mol. The van der Waals surface area contributed by atoms with Crippen LogP contribution < -0.4 is 0 Å². The molecule has 2 aromatic rings. The molecule has 0 radical (unpaired) electrons. The van der Waals surface area contributed by atoms with Crippen LogP contribution in [0.5, 0.6) is 0 Å². The van der Waals surface area contributed by atoms with E-state index in [2.05, 4.69) is 5.16 Å². The summed E-state index contributed by atoms with van der Waals surface area (Å²) < 4.78 is 19.1. The van der Waals surface area contributed by atoms with E-state index in [0.29, 0.717) is 48.5 Å². The molecule has 1 aromatic heterocycles. The third-order valence-electron chi connectivity index (χ3n) is 7.26. The van der Waals surface area contributed by atoms with Crippen LogP contribution in [0, 0.1) is 35.4 Å². The Balaban J connectivity index is 1.26. The molecule has 1 aromatic carbocycles. The number of carbonyl (C=O) groups is 1. The quantitative estimate of drug-likeness (QED) is 0.829. The van der Waals surface area contributed by atoms with Gasteiger partial charge in [0.2, 0.25) is 5.91 Å². The smallest absolute Gasteiger partial charge is 0.226 e. The number of benzene rings is 1. The highest BCUT2D eigenvalue weighted by Crippen LogP contribution is 2.69. The number of carbonyl (C=O) groups excluding carboxylic acids is 1. The zero-order chi connectivity index (χ0) is 17.4. The molecule has 0 saturated heterocycles. The lowest BCUT2D eigenvalue weighted by Crippen LogP contribution is -2.37. The highest BCUT2D eigenvalue weighted by Gasteiger charge is 2.68. The van der Waals surface area contributed by atoms with Gasteiger partial charge in [-0.25, -0.2) is 4.39 Å². The molecule has 3 fully saturated rings. The van der Waals surface area contributed by atoms with Gasteiger partial charge in [-0.1, -0.05) is 17.3 Å². The molecule has 1 amide bonds. The van der Waals surface area contributed by atoms with Crippen LogP contribution in [0.2, 0.25) is 0 Å².